The van der Waals surface area contributed by atoms with E-state index in [-0.39, 0.29) is 0 Å². The smallest absolute Gasteiger partial charge is 0.0549 e. The highest BCUT2D eigenvalue weighted by Crippen LogP contribution is 2.16. The Balaban J connectivity index is 2.67. The summed E-state index contributed by atoms with van der Waals surface area (Å²) in [5.41, 5.74) is 6.71. The number of hydrogen-bond acceptors (Lipinski definition) is 3. The average Bonchev–Trinajstić information content (AvgIpc) is 2.50. The van der Waals surface area contributed by atoms with E-state index in [4.69, 9.17) is 5.73 Å². The van der Waals surface area contributed by atoms with Crippen molar-refractivity contribution >= 4 is 0 Å². The van der Waals surface area contributed by atoms with Gasteiger partial charge in [-0.2, -0.15) is 5.10 Å². The average molecular weight is 182 g/mol. The monoisotopic (exact) mass is 182 g/mol. The molecule has 4 heteroatoms. The predicted molar refractivity (Wildman–Crippen MR) is 53.3 cm³/mol. The van der Waals surface area contributed by atoms with Crippen molar-refractivity contribution in [1.29, 1.82) is 0 Å². The van der Waals surface area contributed by atoms with E-state index >= 15 is 0 Å². The zero-order chi connectivity index (χ0) is 9.84. The third kappa shape index (κ3) is 2.29. The van der Waals surface area contributed by atoms with E-state index in [1.54, 1.807) is 0 Å². The predicted octanol–water partition coefficient (Wildman–Crippen LogP) is 0.372. The molecule has 0 spiro atoms. The standard InChI is InChI=1S/C9H18N4/c1-8(12(2)7-5-10)9-4-6-11-13(9)3/h4,6,8H,5,7,10H2,1-3H3. The lowest BCUT2D eigenvalue weighted by Crippen LogP contribution is -2.29. The zero-order valence-electron chi connectivity index (χ0n) is 8.57. The van der Waals surface area contributed by atoms with Gasteiger partial charge in [-0.05, 0) is 20.0 Å². The van der Waals surface area contributed by atoms with E-state index in [0.29, 0.717) is 12.6 Å². The lowest BCUT2D eigenvalue weighted by molar-refractivity contribution is 0.258. The molecule has 0 saturated carbocycles. The van der Waals surface area contributed by atoms with Crippen molar-refractivity contribution in [2.45, 2.75) is 13.0 Å². The number of nitrogens with zero attached hydrogens (tertiary/aromatic N) is 3. The van der Waals surface area contributed by atoms with Gasteiger partial charge in [-0.25, -0.2) is 0 Å². The van der Waals surface area contributed by atoms with Gasteiger partial charge in [0.1, 0.15) is 0 Å². The van der Waals surface area contributed by atoms with Crippen LogP contribution in [-0.4, -0.2) is 34.8 Å². The maximum absolute atomic E-state index is 5.49. The molecule has 0 radical (unpaired) electrons. The summed E-state index contributed by atoms with van der Waals surface area (Å²) in [5.74, 6) is 0. The number of hydrogen-bond donors (Lipinski definition) is 1. The first-order valence-electron chi connectivity index (χ1n) is 4.55. The Morgan fingerprint density at radius 3 is 2.85 bits per heavy atom. The normalized spacial score (nSPS) is 13.6. The Morgan fingerprint density at radius 2 is 2.38 bits per heavy atom. The quantitative estimate of drug-likeness (QED) is 0.732. The summed E-state index contributed by atoms with van der Waals surface area (Å²) in [7, 11) is 4.03. The molecule has 0 aliphatic heterocycles. The van der Waals surface area contributed by atoms with Crippen LogP contribution in [-0.2, 0) is 7.05 Å². The van der Waals surface area contributed by atoms with Gasteiger partial charge in [0.2, 0.25) is 0 Å². The highest BCUT2D eigenvalue weighted by atomic mass is 15.3. The molecule has 0 aliphatic rings. The minimum atomic E-state index is 0.371. The lowest BCUT2D eigenvalue weighted by Gasteiger charge is -2.23. The molecule has 1 aromatic rings. The summed E-state index contributed by atoms with van der Waals surface area (Å²) in [6.45, 7) is 3.76. The number of rotatable bonds is 4. The van der Waals surface area contributed by atoms with Gasteiger partial charge < -0.3 is 5.73 Å². The Kier molecular flexibility index (Phi) is 3.45. The van der Waals surface area contributed by atoms with Gasteiger partial charge in [0.15, 0.2) is 0 Å². The first-order chi connectivity index (χ1) is 6.16. The molecule has 1 atom stereocenters. The van der Waals surface area contributed by atoms with Crippen LogP contribution < -0.4 is 5.73 Å². The van der Waals surface area contributed by atoms with Gasteiger partial charge in [0.05, 0.1) is 5.69 Å². The van der Waals surface area contributed by atoms with Crippen LogP contribution >= 0.6 is 0 Å². The van der Waals surface area contributed by atoms with Gasteiger partial charge in [0, 0.05) is 32.4 Å². The second-order valence-electron chi connectivity index (χ2n) is 3.32. The number of aryl methyl sites for hydroxylation is 1. The van der Waals surface area contributed by atoms with Crippen LogP contribution in [0.3, 0.4) is 0 Å². The largest absolute Gasteiger partial charge is 0.329 e. The van der Waals surface area contributed by atoms with Crippen molar-refractivity contribution < 1.29 is 0 Å². The van der Waals surface area contributed by atoms with E-state index in [1.165, 1.54) is 5.69 Å². The van der Waals surface area contributed by atoms with Gasteiger partial charge in [-0.15, -0.1) is 0 Å². The molecular formula is C9H18N4. The van der Waals surface area contributed by atoms with Crippen molar-refractivity contribution in [1.82, 2.24) is 14.7 Å². The molecule has 4 nitrogen and oxygen atoms in total. The van der Waals surface area contributed by atoms with E-state index in [0.717, 1.165) is 6.54 Å². The van der Waals surface area contributed by atoms with Gasteiger partial charge in [0.25, 0.3) is 0 Å². The van der Waals surface area contributed by atoms with E-state index in [2.05, 4.69) is 24.0 Å². The lowest BCUT2D eigenvalue weighted by atomic mass is 10.2. The van der Waals surface area contributed by atoms with E-state index in [9.17, 15) is 0 Å². The molecule has 13 heavy (non-hydrogen) atoms. The fraction of sp³-hybridized carbons (Fsp3) is 0.667. The SMILES string of the molecule is CC(c1ccnn1C)N(C)CCN. The van der Waals surface area contributed by atoms with Crippen LogP contribution in [0.5, 0.6) is 0 Å². The maximum Gasteiger partial charge on any atom is 0.0549 e. The molecule has 0 fully saturated rings. The van der Waals surface area contributed by atoms with Gasteiger partial charge in [-0.1, -0.05) is 0 Å². The Morgan fingerprint density at radius 1 is 1.69 bits per heavy atom. The highest BCUT2D eigenvalue weighted by Gasteiger charge is 2.13. The summed E-state index contributed by atoms with van der Waals surface area (Å²) >= 11 is 0. The molecule has 1 rings (SSSR count). The molecule has 0 bridgehead atoms. The molecule has 1 aromatic heterocycles. The van der Waals surface area contributed by atoms with E-state index in [1.807, 2.05) is 24.0 Å². The molecule has 74 valence electrons. The Bertz CT molecular complexity index is 256. The van der Waals surface area contributed by atoms with Crippen LogP contribution in [0, 0.1) is 0 Å². The van der Waals surface area contributed by atoms with Crippen LogP contribution in [0.4, 0.5) is 0 Å². The second kappa shape index (κ2) is 4.39. The highest BCUT2D eigenvalue weighted by molar-refractivity contribution is 5.05. The van der Waals surface area contributed by atoms with E-state index < -0.39 is 0 Å². The number of likely N-dealkylation sites (N-methyl/N-ethyl adjacent to an activating group) is 1. The van der Waals surface area contributed by atoms with Crippen molar-refractivity contribution in [3.63, 3.8) is 0 Å². The third-order valence-electron chi connectivity index (χ3n) is 2.43. The fourth-order valence-electron chi connectivity index (χ4n) is 1.42. The summed E-state index contributed by atoms with van der Waals surface area (Å²) in [6.07, 6.45) is 1.82. The van der Waals surface area contributed by atoms with Crippen molar-refractivity contribution in [3.05, 3.63) is 18.0 Å². The second-order valence-corrected chi connectivity index (χ2v) is 3.32. The third-order valence-corrected chi connectivity index (χ3v) is 2.43. The minimum Gasteiger partial charge on any atom is -0.329 e. The molecule has 2 N–H and O–H groups in total. The van der Waals surface area contributed by atoms with Crippen molar-refractivity contribution in [3.8, 4) is 0 Å². The van der Waals surface area contributed by atoms with Crippen molar-refractivity contribution in [2.24, 2.45) is 12.8 Å². The first-order valence-corrected chi connectivity index (χ1v) is 4.55. The molecule has 0 amide bonds. The van der Waals surface area contributed by atoms with Crippen LogP contribution in [0.1, 0.15) is 18.7 Å². The summed E-state index contributed by atoms with van der Waals surface area (Å²) in [6, 6.07) is 2.41. The first kappa shape index (κ1) is 10.2. The summed E-state index contributed by atoms with van der Waals surface area (Å²) in [4.78, 5) is 2.22. The van der Waals surface area contributed by atoms with Crippen LogP contribution in [0.25, 0.3) is 0 Å². The minimum absolute atomic E-state index is 0.371. The molecule has 0 saturated heterocycles. The van der Waals surface area contributed by atoms with Crippen molar-refractivity contribution in [2.75, 3.05) is 20.1 Å². The van der Waals surface area contributed by atoms with Crippen LogP contribution in [0.15, 0.2) is 12.3 Å². The summed E-state index contributed by atoms with van der Waals surface area (Å²) < 4.78 is 1.90. The molecule has 1 heterocycles. The molecule has 0 aromatic carbocycles. The maximum atomic E-state index is 5.49. The van der Waals surface area contributed by atoms with Gasteiger partial charge in [-0.3, -0.25) is 9.58 Å². The zero-order valence-corrected chi connectivity index (χ0v) is 8.57. The fourth-order valence-corrected chi connectivity index (χ4v) is 1.42. The number of aromatic nitrogens is 2. The molecule has 0 aliphatic carbocycles. The summed E-state index contributed by atoms with van der Waals surface area (Å²) in [5, 5.41) is 4.14. The molecule has 1 unspecified atom stereocenters. The van der Waals surface area contributed by atoms with Crippen LogP contribution in [0.2, 0.25) is 0 Å². The topological polar surface area (TPSA) is 47.1 Å². The molecular weight excluding hydrogens is 164 g/mol. The Labute approximate surface area is 79.3 Å². The Hall–Kier alpha value is -0.870. The van der Waals surface area contributed by atoms with Gasteiger partial charge >= 0.3 is 0 Å². The number of nitrogens with two attached hydrogens (primary N) is 1.